The minimum Gasteiger partial charge on any atom is -0.508 e. The monoisotopic (exact) mass is 292 g/mol. The van der Waals surface area contributed by atoms with Crippen molar-refractivity contribution in [3.63, 3.8) is 0 Å². The molecular formula is C18H13O2P. The van der Waals surface area contributed by atoms with Crippen LogP contribution in [0.2, 0.25) is 0 Å². The van der Waals surface area contributed by atoms with Gasteiger partial charge in [-0.25, -0.2) is 0 Å². The number of phenols is 1. The normalized spacial score (nSPS) is 19.0. The van der Waals surface area contributed by atoms with Crippen LogP contribution in [0.1, 0.15) is 0 Å². The van der Waals surface area contributed by atoms with Crippen molar-refractivity contribution < 1.29 is 9.67 Å². The maximum atomic E-state index is 13.9. The van der Waals surface area contributed by atoms with Crippen molar-refractivity contribution in [3.8, 4) is 16.9 Å². The predicted octanol–water partition coefficient (Wildman–Crippen LogP) is 3.01. The topological polar surface area (TPSA) is 37.3 Å². The molecule has 1 atom stereocenters. The Labute approximate surface area is 123 Å². The lowest BCUT2D eigenvalue weighted by Crippen LogP contribution is -2.20. The van der Waals surface area contributed by atoms with Crippen LogP contribution in [0.3, 0.4) is 0 Å². The maximum absolute atomic E-state index is 13.9. The predicted molar refractivity (Wildman–Crippen MR) is 86.5 cm³/mol. The van der Waals surface area contributed by atoms with E-state index in [1.165, 1.54) is 0 Å². The van der Waals surface area contributed by atoms with Crippen molar-refractivity contribution >= 4 is 23.1 Å². The molecule has 0 spiro atoms. The maximum Gasteiger partial charge on any atom is 0.172 e. The molecule has 0 aromatic heterocycles. The molecule has 1 aliphatic rings. The van der Waals surface area contributed by atoms with Gasteiger partial charge in [0.15, 0.2) is 7.14 Å². The standard InChI is InChI=1S/C18H13O2P/c19-13-10-11-18-16(12-13)15-8-4-5-9-17(15)21(18,20)14-6-2-1-3-7-14/h1-12,19H. The fourth-order valence-electron chi connectivity index (χ4n) is 3.04. The molecule has 3 heteroatoms. The zero-order valence-corrected chi connectivity index (χ0v) is 12.1. The van der Waals surface area contributed by atoms with E-state index < -0.39 is 7.14 Å². The van der Waals surface area contributed by atoms with E-state index >= 15 is 0 Å². The smallest absolute Gasteiger partial charge is 0.172 e. The summed E-state index contributed by atoms with van der Waals surface area (Å²) in [6, 6.07) is 22.4. The molecule has 3 aromatic carbocycles. The van der Waals surface area contributed by atoms with Gasteiger partial charge in [-0.15, -0.1) is 0 Å². The van der Waals surface area contributed by atoms with Crippen molar-refractivity contribution in [1.29, 1.82) is 0 Å². The van der Waals surface area contributed by atoms with E-state index in [-0.39, 0.29) is 5.75 Å². The van der Waals surface area contributed by atoms with Crippen LogP contribution in [0.25, 0.3) is 11.1 Å². The minimum absolute atomic E-state index is 0.199. The second kappa shape index (κ2) is 4.34. The summed E-state index contributed by atoms with van der Waals surface area (Å²) in [7, 11) is -2.83. The van der Waals surface area contributed by atoms with Crippen LogP contribution in [0, 0.1) is 0 Å². The molecule has 21 heavy (non-hydrogen) atoms. The largest absolute Gasteiger partial charge is 0.508 e. The third kappa shape index (κ3) is 1.63. The fraction of sp³-hybridized carbons (Fsp3) is 0. The molecule has 4 rings (SSSR count). The minimum atomic E-state index is -2.83. The van der Waals surface area contributed by atoms with Gasteiger partial charge in [-0.3, -0.25) is 0 Å². The third-order valence-electron chi connectivity index (χ3n) is 3.97. The van der Waals surface area contributed by atoms with Crippen LogP contribution in [0.15, 0.2) is 72.8 Å². The van der Waals surface area contributed by atoms with Gasteiger partial charge >= 0.3 is 0 Å². The summed E-state index contributed by atoms with van der Waals surface area (Å²) in [5.41, 5.74) is 1.83. The molecule has 102 valence electrons. The quantitative estimate of drug-likeness (QED) is 0.548. The van der Waals surface area contributed by atoms with Crippen molar-refractivity contribution in [1.82, 2.24) is 0 Å². The molecular weight excluding hydrogens is 279 g/mol. The van der Waals surface area contributed by atoms with Crippen LogP contribution >= 0.6 is 7.14 Å². The van der Waals surface area contributed by atoms with Crippen molar-refractivity contribution in [2.75, 3.05) is 0 Å². The van der Waals surface area contributed by atoms with Crippen molar-refractivity contribution in [2.24, 2.45) is 0 Å². The summed E-state index contributed by atoms with van der Waals surface area (Å²) < 4.78 is 13.9. The fourth-order valence-corrected chi connectivity index (χ4v) is 6.08. The number of hydrogen-bond donors (Lipinski definition) is 1. The molecule has 1 N–H and O–H groups in total. The zero-order chi connectivity index (χ0) is 14.4. The van der Waals surface area contributed by atoms with E-state index in [2.05, 4.69) is 0 Å². The second-order valence-corrected chi connectivity index (χ2v) is 7.86. The van der Waals surface area contributed by atoms with Gasteiger partial charge in [0, 0.05) is 15.9 Å². The number of benzene rings is 3. The summed E-state index contributed by atoms with van der Waals surface area (Å²) >= 11 is 0. The Morgan fingerprint density at radius 3 is 2.19 bits per heavy atom. The Morgan fingerprint density at radius 2 is 1.38 bits per heavy atom. The molecule has 0 radical (unpaired) electrons. The average molecular weight is 292 g/mol. The first kappa shape index (κ1) is 12.4. The van der Waals surface area contributed by atoms with Gasteiger partial charge in [-0.05, 0) is 29.3 Å². The highest BCUT2D eigenvalue weighted by molar-refractivity contribution is 7.86. The lowest BCUT2D eigenvalue weighted by atomic mass is 10.1. The van der Waals surface area contributed by atoms with E-state index in [1.807, 2.05) is 54.6 Å². The van der Waals surface area contributed by atoms with E-state index in [9.17, 15) is 9.67 Å². The van der Waals surface area contributed by atoms with Crippen LogP contribution in [0.5, 0.6) is 5.75 Å². The summed E-state index contributed by atoms with van der Waals surface area (Å²) in [6.07, 6.45) is 0. The Balaban J connectivity index is 2.13. The Hall–Kier alpha value is -2.31. The summed E-state index contributed by atoms with van der Waals surface area (Å²) in [5, 5.41) is 12.3. The highest BCUT2D eigenvalue weighted by Gasteiger charge is 2.39. The number of hydrogen-bond acceptors (Lipinski definition) is 2. The molecule has 0 fully saturated rings. The van der Waals surface area contributed by atoms with Crippen LogP contribution in [-0.2, 0) is 4.57 Å². The van der Waals surface area contributed by atoms with E-state index in [1.54, 1.807) is 18.2 Å². The van der Waals surface area contributed by atoms with Gasteiger partial charge in [0.2, 0.25) is 0 Å². The average Bonchev–Trinajstić information content (AvgIpc) is 2.79. The van der Waals surface area contributed by atoms with E-state index in [0.717, 1.165) is 27.0 Å². The Bertz CT molecular complexity index is 885. The molecule has 0 saturated heterocycles. The molecule has 0 saturated carbocycles. The van der Waals surface area contributed by atoms with Gasteiger partial charge in [0.1, 0.15) is 5.75 Å². The van der Waals surface area contributed by atoms with Crippen molar-refractivity contribution in [2.45, 2.75) is 0 Å². The number of rotatable bonds is 1. The zero-order valence-electron chi connectivity index (χ0n) is 11.2. The number of phenolic OH excluding ortho intramolecular Hbond substituents is 1. The van der Waals surface area contributed by atoms with Gasteiger partial charge in [0.05, 0.1) is 0 Å². The lowest BCUT2D eigenvalue weighted by molar-refractivity contribution is 0.476. The summed E-state index contributed by atoms with van der Waals surface area (Å²) in [4.78, 5) is 0. The SMILES string of the molecule is O=P1(c2ccccc2)c2ccccc2-c2cc(O)ccc21. The Kier molecular flexibility index (Phi) is 2.57. The molecule has 0 aliphatic carbocycles. The van der Waals surface area contributed by atoms with Crippen LogP contribution in [0.4, 0.5) is 0 Å². The van der Waals surface area contributed by atoms with Crippen LogP contribution in [-0.4, -0.2) is 5.11 Å². The number of fused-ring (bicyclic) bond motifs is 3. The molecule has 0 bridgehead atoms. The van der Waals surface area contributed by atoms with Crippen molar-refractivity contribution in [3.05, 3.63) is 72.8 Å². The second-order valence-electron chi connectivity index (χ2n) is 5.16. The molecule has 3 aromatic rings. The first-order valence-electron chi connectivity index (χ1n) is 6.80. The van der Waals surface area contributed by atoms with Crippen LogP contribution < -0.4 is 15.9 Å². The Morgan fingerprint density at radius 1 is 0.714 bits per heavy atom. The molecule has 0 amide bonds. The highest BCUT2D eigenvalue weighted by Crippen LogP contribution is 2.52. The first-order valence-corrected chi connectivity index (χ1v) is 8.51. The van der Waals surface area contributed by atoms with Gasteiger partial charge in [0.25, 0.3) is 0 Å². The molecule has 1 aliphatic heterocycles. The third-order valence-corrected chi connectivity index (χ3v) is 7.13. The molecule has 1 heterocycles. The molecule has 1 unspecified atom stereocenters. The first-order chi connectivity index (χ1) is 10.2. The molecule has 2 nitrogen and oxygen atoms in total. The highest BCUT2D eigenvalue weighted by atomic mass is 31.2. The van der Waals surface area contributed by atoms with E-state index in [4.69, 9.17) is 0 Å². The van der Waals surface area contributed by atoms with Gasteiger partial charge < -0.3 is 9.67 Å². The summed E-state index contributed by atoms with van der Waals surface area (Å²) in [6.45, 7) is 0. The lowest BCUT2D eigenvalue weighted by Gasteiger charge is -2.15. The van der Waals surface area contributed by atoms with E-state index in [0.29, 0.717) is 0 Å². The summed E-state index contributed by atoms with van der Waals surface area (Å²) in [5.74, 6) is 0.199. The van der Waals surface area contributed by atoms with Gasteiger partial charge in [-0.2, -0.15) is 0 Å². The van der Waals surface area contributed by atoms with Gasteiger partial charge in [-0.1, -0.05) is 54.6 Å². The number of aromatic hydroxyl groups is 1.